The van der Waals surface area contributed by atoms with E-state index in [0.29, 0.717) is 24.7 Å². The number of hydrogen-bond donors (Lipinski definition) is 0. The van der Waals surface area contributed by atoms with Crippen LogP contribution >= 0.6 is 223 Å². The molecule has 2 nitrogen and oxygen atoms in total. The third kappa shape index (κ3) is 8.71. The molecule has 0 aliphatic rings. The van der Waals surface area contributed by atoms with Crippen LogP contribution in [0, 0.1) is 0 Å². The molecule has 16 heteroatoms. The van der Waals surface area contributed by atoms with Crippen molar-refractivity contribution in [3.8, 4) is 11.5 Å². The summed E-state index contributed by atoms with van der Waals surface area (Å²) in [5, 5.41) is 0. The van der Waals surface area contributed by atoms with Crippen LogP contribution in [-0.2, 0) is 18.6 Å². The van der Waals surface area contributed by atoms with E-state index in [1.807, 2.05) is 0 Å². The van der Waals surface area contributed by atoms with Crippen molar-refractivity contribution >= 4 is 223 Å². The van der Waals surface area contributed by atoms with Crippen molar-refractivity contribution in [1.82, 2.24) is 0 Å². The first kappa shape index (κ1) is 41.0. The quantitative estimate of drug-likeness (QED) is 0.129. The van der Waals surface area contributed by atoms with Crippen molar-refractivity contribution in [3.63, 3.8) is 0 Å². The van der Waals surface area contributed by atoms with E-state index in [1.54, 1.807) is 0 Å². The first-order valence-electron chi connectivity index (χ1n) is 12.1. The maximum Gasteiger partial charge on any atom is 0.148 e. The van der Waals surface area contributed by atoms with Crippen molar-refractivity contribution in [2.75, 3.05) is 0 Å². The molecule has 0 N–H and O–H groups in total. The highest BCUT2D eigenvalue weighted by Gasteiger charge is 2.28. The van der Waals surface area contributed by atoms with Gasteiger partial charge in [0.1, 0.15) is 24.7 Å². The van der Waals surface area contributed by atoms with Gasteiger partial charge in [-0.15, -0.1) is 0 Å². The van der Waals surface area contributed by atoms with Gasteiger partial charge in [0, 0.05) is 61.3 Å². The molecular weight excluding hydrogens is 1500 g/mol. The van der Waals surface area contributed by atoms with E-state index in [0.717, 1.165) is 84.9 Å². The molecule has 0 saturated heterocycles. The van der Waals surface area contributed by atoms with Crippen LogP contribution < -0.4 is 9.47 Å². The van der Waals surface area contributed by atoms with E-state index in [-0.39, 0.29) is 5.41 Å². The summed E-state index contributed by atoms with van der Waals surface area (Å²) >= 11 is 51.5. The lowest BCUT2D eigenvalue weighted by Gasteiger charge is -2.28. The highest BCUT2D eigenvalue weighted by molar-refractivity contribution is 9.16. The molecule has 0 heterocycles. The van der Waals surface area contributed by atoms with E-state index >= 15 is 0 Å². The second kappa shape index (κ2) is 16.9. The van der Waals surface area contributed by atoms with Crippen LogP contribution in [0.4, 0.5) is 0 Å². The highest BCUT2D eigenvalue weighted by atomic mass is 79.9. The highest BCUT2D eigenvalue weighted by Crippen LogP contribution is 2.48. The second-order valence-corrected chi connectivity index (χ2v) is 21.2. The van der Waals surface area contributed by atoms with Crippen LogP contribution in [0.3, 0.4) is 0 Å². The van der Waals surface area contributed by atoms with Gasteiger partial charge in [0.05, 0.1) is 17.9 Å². The molecule has 45 heavy (non-hydrogen) atoms. The molecular formula is C29H14Br14O2. The smallest absolute Gasteiger partial charge is 0.148 e. The van der Waals surface area contributed by atoms with Crippen LogP contribution in [0.1, 0.15) is 36.1 Å². The molecule has 4 rings (SSSR count). The Morgan fingerprint density at radius 2 is 0.622 bits per heavy atom. The van der Waals surface area contributed by atoms with Crippen molar-refractivity contribution in [2.45, 2.75) is 32.5 Å². The maximum absolute atomic E-state index is 6.34. The molecule has 0 aliphatic heterocycles. The molecule has 0 saturated carbocycles. The lowest BCUT2D eigenvalue weighted by Crippen LogP contribution is -2.19. The van der Waals surface area contributed by atoms with Crippen molar-refractivity contribution in [2.24, 2.45) is 0 Å². The Bertz CT molecular complexity index is 1600. The van der Waals surface area contributed by atoms with Gasteiger partial charge in [-0.1, -0.05) is 13.8 Å². The molecule has 0 bridgehead atoms. The molecule has 0 aliphatic carbocycles. The van der Waals surface area contributed by atoms with Gasteiger partial charge in [0.25, 0.3) is 0 Å². The first-order chi connectivity index (χ1) is 20.9. The van der Waals surface area contributed by atoms with Crippen molar-refractivity contribution < 1.29 is 9.47 Å². The van der Waals surface area contributed by atoms with Gasteiger partial charge in [-0.05, 0) is 258 Å². The average Bonchev–Trinajstić information content (AvgIpc) is 2.98. The molecule has 240 valence electrons. The van der Waals surface area contributed by atoms with Gasteiger partial charge < -0.3 is 9.47 Å². The molecule has 0 amide bonds. The summed E-state index contributed by atoms with van der Waals surface area (Å²) in [5.41, 5.74) is 3.73. The molecule has 0 radical (unpaired) electrons. The van der Waals surface area contributed by atoms with E-state index in [2.05, 4.69) is 261 Å². The third-order valence-electron chi connectivity index (χ3n) is 6.76. The Labute approximate surface area is 379 Å². The topological polar surface area (TPSA) is 18.5 Å². The summed E-state index contributed by atoms with van der Waals surface area (Å²) in [6.07, 6.45) is 0. The summed E-state index contributed by atoms with van der Waals surface area (Å²) in [6.45, 7) is 5.03. The number of benzene rings is 4. The summed E-state index contributed by atoms with van der Waals surface area (Å²) in [5.74, 6) is 1.41. The fourth-order valence-corrected chi connectivity index (χ4v) is 13.7. The maximum atomic E-state index is 6.34. The van der Waals surface area contributed by atoms with Crippen molar-refractivity contribution in [1.29, 1.82) is 0 Å². The zero-order valence-electron chi connectivity index (χ0n) is 22.3. The van der Waals surface area contributed by atoms with E-state index < -0.39 is 0 Å². The van der Waals surface area contributed by atoms with E-state index in [9.17, 15) is 0 Å². The largest absolute Gasteiger partial charge is 0.486 e. The van der Waals surface area contributed by atoms with Gasteiger partial charge in [0.15, 0.2) is 0 Å². The monoisotopic (exact) mass is 1500 g/mol. The molecule has 0 spiro atoms. The van der Waals surface area contributed by atoms with Gasteiger partial charge in [-0.2, -0.15) is 0 Å². The lowest BCUT2D eigenvalue weighted by atomic mass is 9.78. The predicted octanol–water partition coefficient (Wildman–Crippen LogP) is 17.8. The zero-order valence-corrected chi connectivity index (χ0v) is 44.5. The summed E-state index contributed by atoms with van der Waals surface area (Å²) in [7, 11) is 0. The standard InChI is InChI=1S/C29H14Br14O2/c1-29(2,9-3-13(30)27(14(31)4-9)44-7-11-17(34)21(38)25(42)22(39)18(11)35)10-5-15(32)28(16(33)6-10)45-8-12-19(36)23(40)26(43)24(41)20(12)37/h3-6H,7-8H2,1-2H3. The van der Waals surface area contributed by atoms with Crippen LogP contribution in [-0.4, -0.2) is 0 Å². The zero-order chi connectivity index (χ0) is 33.7. The van der Waals surface area contributed by atoms with Crippen LogP contribution in [0.5, 0.6) is 11.5 Å². The Morgan fingerprint density at radius 1 is 0.400 bits per heavy atom. The minimum atomic E-state index is -0.367. The number of hydrogen-bond acceptors (Lipinski definition) is 2. The number of rotatable bonds is 8. The second-order valence-electron chi connectivity index (χ2n) is 9.84. The van der Waals surface area contributed by atoms with Crippen LogP contribution in [0.25, 0.3) is 0 Å². The first-order valence-corrected chi connectivity index (χ1v) is 23.2. The fraction of sp³-hybridized carbons (Fsp3) is 0.172. The molecule has 4 aromatic rings. The summed E-state index contributed by atoms with van der Waals surface area (Å²) in [6, 6.07) is 8.40. The van der Waals surface area contributed by atoms with Gasteiger partial charge in [-0.3, -0.25) is 0 Å². The summed E-state index contributed by atoms with van der Waals surface area (Å²) in [4.78, 5) is 0. The van der Waals surface area contributed by atoms with E-state index in [4.69, 9.17) is 9.47 Å². The van der Waals surface area contributed by atoms with Crippen LogP contribution in [0.2, 0.25) is 0 Å². The normalized spacial score (nSPS) is 11.7. The molecule has 0 aromatic heterocycles. The molecule has 0 atom stereocenters. The Balaban J connectivity index is 1.60. The molecule has 0 fully saturated rings. The Hall–Kier alpha value is 3.20. The number of ether oxygens (including phenoxy) is 2. The Kier molecular flexibility index (Phi) is 15.4. The average molecular weight is 1510 g/mol. The molecule has 0 unspecified atom stereocenters. The SMILES string of the molecule is CC(C)(c1cc(Br)c(OCc2c(Br)c(Br)c(Br)c(Br)c2Br)c(Br)c1)c1cc(Br)c(OCc2c(Br)c(Br)c(Br)c(Br)c2Br)c(Br)c1. The third-order valence-corrected chi connectivity index (χ3v) is 21.6. The van der Waals surface area contributed by atoms with Crippen molar-refractivity contribution in [3.05, 3.63) is 109 Å². The number of halogens is 14. The van der Waals surface area contributed by atoms with Crippen LogP contribution in [0.15, 0.2) is 86.9 Å². The summed E-state index contributed by atoms with van der Waals surface area (Å²) < 4.78 is 25.0. The lowest BCUT2D eigenvalue weighted by molar-refractivity contribution is 0.300. The van der Waals surface area contributed by atoms with Gasteiger partial charge in [0.2, 0.25) is 0 Å². The fourth-order valence-electron chi connectivity index (χ4n) is 4.13. The Morgan fingerprint density at radius 3 is 0.867 bits per heavy atom. The minimum absolute atomic E-state index is 0.328. The predicted molar refractivity (Wildman–Crippen MR) is 234 cm³/mol. The van der Waals surface area contributed by atoms with Gasteiger partial charge >= 0.3 is 0 Å². The van der Waals surface area contributed by atoms with E-state index in [1.165, 1.54) is 0 Å². The minimum Gasteiger partial charge on any atom is -0.486 e. The molecule has 4 aromatic carbocycles. The van der Waals surface area contributed by atoms with Gasteiger partial charge in [-0.25, -0.2) is 0 Å².